The second kappa shape index (κ2) is 21.9. The highest BCUT2D eigenvalue weighted by atomic mass is 32.2. The Morgan fingerprint density at radius 3 is 2.17 bits per heavy atom. The van der Waals surface area contributed by atoms with Crippen molar-refractivity contribution in [2.24, 2.45) is 0 Å². The van der Waals surface area contributed by atoms with Gasteiger partial charge in [-0.15, -0.1) is 0 Å². The van der Waals surface area contributed by atoms with Gasteiger partial charge in [0.1, 0.15) is 18.5 Å². The lowest BCUT2D eigenvalue weighted by Crippen LogP contribution is -2.40. The molecule has 0 aliphatic heterocycles. The van der Waals surface area contributed by atoms with Crippen molar-refractivity contribution in [2.45, 2.75) is 103 Å². The zero-order valence-electron chi connectivity index (χ0n) is 22.0. The van der Waals surface area contributed by atoms with E-state index in [-0.39, 0.29) is 13.2 Å². The number of hydrogen-bond acceptors (Lipinski definition) is 8. The smallest absolute Gasteiger partial charge is 0.391 e. The molecule has 1 aromatic carbocycles. The van der Waals surface area contributed by atoms with Gasteiger partial charge < -0.3 is 23.5 Å². The van der Waals surface area contributed by atoms with Crippen LogP contribution in [0.15, 0.2) is 30.3 Å². The van der Waals surface area contributed by atoms with Gasteiger partial charge in [-0.2, -0.15) is 0 Å². The van der Waals surface area contributed by atoms with Gasteiger partial charge in [-0.25, -0.2) is 4.79 Å². The highest BCUT2D eigenvalue weighted by Gasteiger charge is 2.42. The largest absolute Gasteiger partial charge is 0.491 e. The van der Waals surface area contributed by atoms with Crippen molar-refractivity contribution < 1.29 is 32.9 Å². The average molecular weight is 545 g/mol. The van der Waals surface area contributed by atoms with Crippen LogP contribution >= 0.6 is 20.5 Å². The summed E-state index contributed by atoms with van der Waals surface area (Å²) < 4.78 is 33.7. The molecular weight excluding hydrogens is 499 g/mol. The number of ether oxygens (including phenoxy) is 3. The number of carbonyl (C=O) groups is 1. The molecule has 0 saturated carbocycles. The van der Waals surface area contributed by atoms with Crippen LogP contribution in [0.25, 0.3) is 0 Å². The molecule has 36 heavy (non-hydrogen) atoms. The van der Waals surface area contributed by atoms with Crippen LogP contribution in [0.4, 0.5) is 0 Å². The quantitative estimate of drug-likeness (QED) is 0.0627. The van der Waals surface area contributed by atoms with E-state index in [2.05, 4.69) is 13.8 Å². The molecule has 0 bridgehead atoms. The minimum absolute atomic E-state index is 0.161. The van der Waals surface area contributed by atoms with E-state index in [1.807, 2.05) is 30.3 Å². The van der Waals surface area contributed by atoms with Crippen molar-refractivity contribution in [1.82, 2.24) is 0 Å². The molecule has 9 heteroatoms. The summed E-state index contributed by atoms with van der Waals surface area (Å²) in [5.74, 6) is 0.187. The third-order valence-electron chi connectivity index (χ3n) is 5.61. The standard InChI is InChI=1S/C27H45O7PS/c1-3-5-7-9-10-11-12-16-20-31-25(22-32-24-18-14-13-15-19-24)23-33-27(29,35-30)26(28)34-36-21-17-8-6-4-2/h13-15,18-19,25,29H,3-12,16-17,20-23H2,1-2H3. The summed E-state index contributed by atoms with van der Waals surface area (Å²) in [4.78, 5) is 12.3. The second-order valence-electron chi connectivity index (χ2n) is 8.86. The average Bonchev–Trinajstić information content (AvgIpc) is 2.90. The van der Waals surface area contributed by atoms with Gasteiger partial charge >= 0.3 is 11.5 Å². The van der Waals surface area contributed by atoms with Crippen LogP contribution in [-0.2, 0) is 23.0 Å². The Morgan fingerprint density at radius 2 is 1.53 bits per heavy atom. The first-order valence-corrected chi connectivity index (χ1v) is 15.1. The molecule has 2 atom stereocenters. The van der Waals surface area contributed by atoms with Crippen molar-refractivity contribution >= 4 is 26.5 Å². The van der Waals surface area contributed by atoms with Crippen molar-refractivity contribution in [3.05, 3.63) is 30.3 Å². The highest BCUT2D eigenvalue weighted by Crippen LogP contribution is 2.26. The molecule has 1 aromatic rings. The Balaban J connectivity index is 2.48. The van der Waals surface area contributed by atoms with Crippen LogP contribution in [0, 0.1) is 0 Å². The first kappa shape index (κ1) is 32.8. The number of hydrogen-bond donors (Lipinski definition) is 1. The minimum atomic E-state index is -2.58. The maximum atomic E-state index is 12.3. The lowest BCUT2D eigenvalue weighted by Gasteiger charge is -2.23. The number of aliphatic hydroxyl groups is 1. The Kier molecular flexibility index (Phi) is 19.9. The molecule has 1 N–H and O–H groups in total. The third kappa shape index (κ3) is 15.8. The summed E-state index contributed by atoms with van der Waals surface area (Å²) in [6, 6.07) is 9.30. The zero-order valence-corrected chi connectivity index (χ0v) is 23.7. The van der Waals surface area contributed by atoms with Crippen molar-refractivity contribution in [3.63, 3.8) is 0 Å². The molecule has 0 heterocycles. The lowest BCUT2D eigenvalue weighted by molar-refractivity contribution is -0.194. The van der Waals surface area contributed by atoms with E-state index in [0.717, 1.165) is 50.6 Å². The minimum Gasteiger partial charge on any atom is -0.491 e. The normalized spacial score (nSPS) is 13.9. The topological polar surface area (TPSA) is 91.3 Å². The van der Waals surface area contributed by atoms with E-state index in [0.29, 0.717) is 18.1 Å². The van der Waals surface area contributed by atoms with Gasteiger partial charge in [0.15, 0.2) is 0 Å². The Hall–Kier alpha value is -1.18. The number of rotatable bonds is 24. The summed E-state index contributed by atoms with van der Waals surface area (Å²) in [6.07, 6.45) is 13.1. The molecule has 1 rings (SSSR count). The summed E-state index contributed by atoms with van der Waals surface area (Å²) in [5, 5.41) is 10.5. The summed E-state index contributed by atoms with van der Waals surface area (Å²) >= 11 is 0.934. The van der Waals surface area contributed by atoms with Gasteiger partial charge in [-0.1, -0.05) is 96.3 Å². The molecule has 206 valence electrons. The summed E-state index contributed by atoms with van der Waals surface area (Å²) in [7, 11) is -0.890. The molecule has 0 spiro atoms. The van der Waals surface area contributed by atoms with Gasteiger partial charge in [-0.3, -0.25) is 4.57 Å². The van der Waals surface area contributed by atoms with E-state index in [9.17, 15) is 14.5 Å². The van der Waals surface area contributed by atoms with Crippen molar-refractivity contribution in [1.29, 1.82) is 0 Å². The number of carbonyl (C=O) groups excluding carboxylic acids is 1. The van der Waals surface area contributed by atoms with E-state index < -0.39 is 26.1 Å². The van der Waals surface area contributed by atoms with Crippen LogP contribution in [0.2, 0.25) is 0 Å². The van der Waals surface area contributed by atoms with E-state index in [4.69, 9.17) is 18.4 Å². The molecule has 0 fully saturated rings. The zero-order chi connectivity index (χ0) is 26.3. The monoisotopic (exact) mass is 544 g/mol. The van der Waals surface area contributed by atoms with Crippen LogP contribution < -0.4 is 4.74 Å². The number of benzene rings is 1. The van der Waals surface area contributed by atoms with Crippen molar-refractivity contribution in [3.8, 4) is 5.75 Å². The van der Waals surface area contributed by atoms with Crippen molar-refractivity contribution in [2.75, 3.05) is 25.6 Å². The number of para-hydroxylation sites is 1. The summed E-state index contributed by atoms with van der Waals surface area (Å²) in [6.45, 7) is 4.83. The second-order valence-corrected chi connectivity index (χ2v) is 10.5. The fraction of sp³-hybridized carbons (Fsp3) is 0.741. The van der Waals surface area contributed by atoms with Crippen LogP contribution in [-0.4, -0.2) is 48.3 Å². The molecular formula is C27H45O7PS. The molecule has 0 saturated heterocycles. The molecule has 0 aliphatic rings. The van der Waals surface area contributed by atoms with E-state index in [1.165, 1.54) is 38.5 Å². The van der Waals surface area contributed by atoms with Crippen LogP contribution in [0.5, 0.6) is 5.75 Å². The molecule has 0 aromatic heterocycles. The SMILES string of the molecule is CCCCCCCCCCOC(COc1ccccc1)COC(O)(P=O)C(=O)OSCCCCCC. The Morgan fingerprint density at radius 1 is 0.917 bits per heavy atom. The van der Waals surface area contributed by atoms with Gasteiger partial charge in [0.05, 0.1) is 18.6 Å². The van der Waals surface area contributed by atoms with Gasteiger partial charge in [0, 0.05) is 12.4 Å². The van der Waals surface area contributed by atoms with Gasteiger partial charge in [0.2, 0.25) is 8.46 Å². The fourth-order valence-corrected chi connectivity index (χ4v) is 4.34. The lowest BCUT2D eigenvalue weighted by atomic mass is 10.1. The summed E-state index contributed by atoms with van der Waals surface area (Å²) in [5.41, 5.74) is -2.58. The Labute approximate surface area is 223 Å². The third-order valence-corrected chi connectivity index (χ3v) is 6.89. The molecule has 0 amide bonds. The predicted octanol–water partition coefficient (Wildman–Crippen LogP) is 7.32. The first-order chi connectivity index (χ1) is 17.6. The maximum absolute atomic E-state index is 12.3. The molecule has 0 aliphatic carbocycles. The molecule has 0 radical (unpaired) electrons. The van der Waals surface area contributed by atoms with Crippen LogP contribution in [0.1, 0.15) is 90.9 Å². The predicted molar refractivity (Wildman–Crippen MR) is 145 cm³/mol. The van der Waals surface area contributed by atoms with Gasteiger partial charge in [0.25, 0.3) is 0 Å². The number of unbranched alkanes of at least 4 members (excludes halogenated alkanes) is 10. The Bertz CT molecular complexity index is 679. The maximum Gasteiger partial charge on any atom is 0.391 e. The first-order valence-electron chi connectivity index (χ1n) is 13.4. The van der Waals surface area contributed by atoms with E-state index in [1.54, 1.807) is 0 Å². The van der Waals surface area contributed by atoms with Gasteiger partial charge in [-0.05, 0) is 25.0 Å². The molecule has 7 nitrogen and oxygen atoms in total. The highest BCUT2D eigenvalue weighted by molar-refractivity contribution is 7.95. The van der Waals surface area contributed by atoms with E-state index >= 15 is 0 Å². The van der Waals surface area contributed by atoms with Crippen LogP contribution in [0.3, 0.4) is 0 Å². The fourth-order valence-electron chi connectivity index (χ4n) is 3.41. The molecule has 2 unspecified atom stereocenters.